The second-order valence-corrected chi connectivity index (χ2v) is 4.96. The van der Waals surface area contributed by atoms with Gasteiger partial charge in [0.1, 0.15) is 0 Å². The number of nitrogens with zero attached hydrogens (tertiary/aromatic N) is 1. The van der Waals surface area contributed by atoms with Crippen LogP contribution in [0.25, 0.3) is 0 Å². The fraction of sp³-hybridized carbons (Fsp3) is 0.188. The van der Waals surface area contributed by atoms with Gasteiger partial charge in [0.05, 0.1) is 10.5 Å². The molecule has 0 fully saturated rings. The summed E-state index contributed by atoms with van der Waals surface area (Å²) in [4.78, 5) is 21.4. The molecule has 0 saturated carbocycles. The Bertz CT molecular complexity index is 686. The third-order valence-corrected chi connectivity index (χ3v) is 3.46. The van der Waals surface area contributed by atoms with E-state index in [1.54, 1.807) is 0 Å². The van der Waals surface area contributed by atoms with Gasteiger partial charge < -0.3 is 10.8 Å². The molecule has 0 aliphatic rings. The van der Waals surface area contributed by atoms with E-state index in [0.29, 0.717) is 18.4 Å². The molecule has 1 atom stereocenters. The number of non-ortho nitro benzene ring substituents is 1. The van der Waals surface area contributed by atoms with Crippen molar-refractivity contribution in [3.8, 4) is 0 Å². The summed E-state index contributed by atoms with van der Waals surface area (Å²) in [5, 5.41) is 20.0. The lowest BCUT2D eigenvalue weighted by molar-refractivity contribution is -0.384. The molecule has 3 N–H and O–H groups in total. The summed E-state index contributed by atoms with van der Waals surface area (Å²) in [6.07, 6.45) is 1.26. The van der Waals surface area contributed by atoms with Crippen LogP contribution in [0.5, 0.6) is 0 Å². The standard InChI is InChI=1S/C16H16N2O4/c17-15(9-6-11-4-2-1-3-5-11)13-8-7-12(18(21)22)10-14(13)16(19)20/h1-5,7-8,10,15H,6,9,17H2,(H,19,20). The Morgan fingerprint density at radius 2 is 1.91 bits per heavy atom. The molecular formula is C16H16N2O4. The van der Waals surface area contributed by atoms with E-state index in [1.165, 1.54) is 12.1 Å². The number of aromatic carboxylic acids is 1. The largest absolute Gasteiger partial charge is 0.478 e. The first-order chi connectivity index (χ1) is 10.5. The third kappa shape index (κ3) is 3.67. The molecule has 2 aromatic rings. The second kappa shape index (κ2) is 6.82. The van der Waals surface area contributed by atoms with Crippen LogP contribution in [-0.2, 0) is 6.42 Å². The minimum atomic E-state index is -1.21. The highest BCUT2D eigenvalue weighted by Crippen LogP contribution is 2.25. The lowest BCUT2D eigenvalue weighted by Gasteiger charge is -2.14. The maximum atomic E-state index is 11.3. The quantitative estimate of drug-likeness (QED) is 0.630. The molecule has 1 unspecified atom stereocenters. The first-order valence-corrected chi connectivity index (χ1v) is 6.80. The van der Waals surface area contributed by atoms with Crippen LogP contribution in [-0.4, -0.2) is 16.0 Å². The van der Waals surface area contributed by atoms with Crippen molar-refractivity contribution in [2.45, 2.75) is 18.9 Å². The average Bonchev–Trinajstić information content (AvgIpc) is 2.52. The predicted octanol–water partition coefficient (Wildman–Crippen LogP) is 2.93. The highest BCUT2D eigenvalue weighted by atomic mass is 16.6. The molecule has 0 saturated heterocycles. The maximum absolute atomic E-state index is 11.3. The van der Waals surface area contributed by atoms with E-state index in [-0.39, 0.29) is 11.3 Å². The molecule has 2 rings (SSSR count). The van der Waals surface area contributed by atoms with Gasteiger partial charge in [0, 0.05) is 18.2 Å². The summed E-state index contributed by atoms with van der Waals surface area (Å²) in [5.41, 5.74) is 7.22. The molecule has 6 heteroatoms. The van der Waals surface area contributed by atoms with E-state index in [9.17, 15) is 20.0 Å². The number of hydrogen-bond acceptors (Lipinski definition) is 4. The van der Waals surface area contributed by atoms with Crippen molar-refractivity contribution in [1.29, 1.82) is 0 Å². The molecular weight excluding hydrogens is 284 g/mol. The molecule has 0 spiro atoms. The number of nitro benzene ring substituents is 1. The monoisotopic (exact) mass is 300 g/mol. The van der Waals surface area contributed by atoms with Crippen LogP contribution in [0.3, 0.4) is 0 Å². The number of aryl methyl sites for hydroxylation is 1. The van der Waals surface area contributed by atoms with Gasteiger partial charge in [-0.15, -0.1) is 0 Å². The molecule has 0 amide bonds. The minimum absolute atomic E-state index is 0.116. The van der Waals surface area contributed by atoms with Crippen LogP contribution in [0.1, 0.15) is 33.9 Å². The number of hydrogen-bond donors (Lipinski definition) is 2. The zero-order valence-electron chi connectivity index (χ0n) is 11.8. The van der Waals surface area contributed by atoms with E-state index in [4.69, 9.17) is 5.73 Å². The number of benzene rings is 2. The van der Waals surface area contributed by atoms with E-state index in [2.05, 4.69) is 0 Å². The van der Waals surface area contributed by atoms with Crippen molar-refractivity contribution >= 4 is 11.7 Å². The Morgan fingerprint density at radius 1 is 1.23 bits per heavy atom. The Morgan fingerprint density at radius 3 is 2.50 bits per heavy atom. The number of rotatable bonds is 6. The van der Waals surface area contributed by atoms with Crippen molar-refractivity contribution < 1.29 is 14.8 Å². The number of carboxylic acid groups (broad SMARTS) is 1. The van der Waals surface area contributed by atoms with E-state index in [0.717, 1.165) is 11.6 Å². The Labute approximate surface area is 127 Å². The zero-order valence-corrected chi connectivity index (χ0v) is 11.8. The summed E-state index contributed by atoms with van der Waals surface area (Å²) < 4.78 is 0. The van der Waals surface area contributed by atoms with Crippen LogP contribution in [0, 0.1) is 10.1 Å². The molecule has 0 aliphatic heterocycles. The zero-order chi connectivity index (χ0) is 16.1. The summed E-state index contributed by atoms with van der Waals surface area (Å²) in [6.45, 7) is 0. The van der Waals surface area contributed by atoms with Crippen molar-refractivity contribution in [3.05, 3.63) is 75.3 Å². The third-order valence-electron chi connectivity index (χ3n) is 3.46. The van der Waals surface area contributed by atoms with Crippen LogP contribution < -0.4 is 5.73 Å². The highest BCUT2D eigenvalue weighted by molar-refractivity contribution is 5.90. The van der Waals surface area contributed by atoms with Crippen LogP contribution in [0.15, 0.2) is 48.5 Å². The Hall–Kier alpha value is -2.73. The molecule has 114 valence electrons. The second-order valence-electron chi connectivity index (χ2n) is 4.96. The smallest absolute Gasteiger partial charge is 0.336 e. The molecule has 0 aromatic heterocycles. The van der Waals surface area contributed by atoms with Gasteiger partial charge in [0.15, 0.2) is 0 Å². The summed E-state index contributed by atoms with van der Waals surface area (Å²) in [5.74, 6) is -1.21. The topological polar surface area (TPSA) is 106 Å². The number of nitro groups is 1. The first kappa shape index (κ1) is 15.7. The fourth-order valence-corrected chi connectivity index (χ4v) is 2.29. The van der Waals surface area contributed by atoms with Gasteiger partial charge in [-0.2, -0.15) is 0 Å². The van der Waals surface area contributed by atoms with Gasteiger partial charge in [0.25, 0.3) is 5.69 Å². The van der Waals surface area contributed by atoms with Crippen LogP contribution in [0.4, 0.5) is 5.69 Å². The molecule has 22 heavy (non-hydrogen) atoms. The Kier molecular flexibility index (Phi) is 4.85. The lowest BCUT2D eigenvalue weighted by Crippen LogP contribution is -2.16. The van der Waals surface area contributed by atoms with E-state index < -0.39 is 16.9 Å². The summed E-state index contributed by atoms with van der Waals surface area (Å²) in [7, 11) is 0. The molecule has 6 nitrogen and oxygen atoms in total. The van der Waals surface area contributed by atoms with Gasteiger partial charge in [-0.1, -0.05) is 30.3 Å². The number of carbonyl (C=O) groups is 1. The van der Waals surface area contributed by atoms with Gasteiger partial charge in [-0.25, -0.2) is 4.79 Å². The molecule has 0 radical (unpaired) electrons. The Balaban J connectivity index is 2.19. The van der Waals surface area contributed by atoms with E-state index in [1.807, 2.05) is 30.3 Å². The van der Waals surface area contributed by atoms with E-state index >= 15 is 0 Å². The fourth-order valence-electron chi connectivity index (χ4n) is 2.29. The molecule has 0 heterocycles. The number of nitrogens with two attached hydrogens (primary N) is 1. The summed E-state index contributed by atoms with van der Waals surface area (Å²) >= 11 is 0. The number of carboxylic acids is 1. The van der Waals surface area contributed by atoms with Gasteiger partial charge in [-0.3, -0.25) is 10.1 Å². The van der Waals surface area contributed by atoms with Crippen molar-refractivity contribution in [2.75, 3.05) is 0 Å². The van der Waals surface area contributed by atoms with Gasteiger partial charge in [-0.05, 0) is 30.0 Å². The van der Waals surface area contributed by atoms with Gasteiger partial charge >= 0.3 is 5.97 Å². The van der Waals surface area contributed by atoms with Crippen LogP contribution in [0.2, 0.25) is 0 Å². The molecule has 0 aliphatic carbocycles. The molecule has 0 bridgehead atoms. The average molecular weight is 300 g/mol. The van der Waals surface area contributed by atoms with Gasteiger partial charge in [0.2, 0.25) is 0 Å². The first-order valence-electron chi connectivity index (χ1n) is 6.80. The minimum Gasteiger partial charge on any atom is -0.478 e. The normalized spacial score (nSPS) is 11.9. The van der Waals surface area contributed by atoms with Crippen molar-refractivity contribution in [1.82, 2.24) is 0 Å². The predicted molar refractivity (Wildman–Crippen MR) is 81.7 cm³/mol. The van der Waals surface area contributed by atoms with Crippen molar-refractivity contribution in [3.63, 3.8) is 0 Å². The van der Waals surface area contributed by atoms with Crippen LogP contribution >= 0.6 is 0 Å². The SMILES string of the molecule is NC(CCc1ccccc1)c1ccc([N+](=O)[O-])cc1C(=O)O. The maximum Gasteiger partial charge on any atom is 0.336 e. The van der Waals surface area contributed by atoms with Crippen molar-refractivity contribution in [2.24, 2.45) is 5.73 Å². The lowest BCUT2D eigenvalue weighted by atomic mass is 9.95. The summed E-state index contributed by atoms with van der Waals surface area (Å²) in [6, 6.07) is 13.0. The highest BCUT2D eigenvalue weighted by Gasteiger charge is 2.19. The molecule has 2 aromatic carbocycles.